The Morgan fingerprint density at radius 1 is 0.933 bits per heavy atom. The van der Waals surface area contributed by atoms with Crippen molar-refractivity contribution >= 4 is 27.0 Å². The molecule has 154 valence electrons. The molecule has 0 aliphatic carbocycles. The molecule has 0 amide bonds. The predicted octanol–water partition coefficient (Wildman–Crippen LogP) is 5.42. The highest BCUT2D eigenvalue weighted by molar-refractivity contribution is 7.92. The highest BCUT2D eigenvalue weighted by Gasteiger charge is 2.35. The van der Waals surface area contributed by atoms with Gasteiger partial charge in [-0.2, -0.15) is 18.3 Å². The van der Waals surface area contributed by atoms with Crippen molar-refractivity contribution in [2.24, 2.45) is 0 Å². The Kier molecular flexibility index (Phi) is 5.12. The minimum Gasteiger partial charge on any atom is -0.279 e. The average molecular weight is 449 g/mol. The first-order valence-electron chi connectivity index (χ1n) is 8.64. The van der Waals surface area contributed by atoms with Crippen LogP contribution in [0.3, 0.4) is 0 Å². The van der Waals surface area contributed by atoms with Gasteiger partial charge in [0.25, 0.3) is 10.0 Å². The lowest BCUT2D eigenvalue weighted by molar-refractivity contribution is -0.136. The van der Waals surface area contributed by atoms with Crippen LogP contribution in [0.4, 0.5) is 18.9 Å². The third kappa shape index (κ3) is 3.96. The molecule has 2 heterocycles. The minimum atomic E-state index is -4.70. The largest absolute Gasteiger partial charge is 0.418 e. The fourth-order valence-corrected chi connectivity index (χ4v) is 4.88. The number of thiophene rings is 1. The van der Waals surface area contributed by atoms with E-state index in [1.54, 1.807) is 47.8 Å². The Bertz CT molecular complexity index is 1270. The average Bonchev–Trinajstić information content (AvgIpc) is 3.38. The van der Waals surface area contributed by atoms with Crippen molar-refractivity contribution in [1.29, 1.82) is 0 Å². The van der Waals surface area contributed by atoms with Crippen LogP contribution in [0.25, 0.3) is 16.3 Å². The monoisotopic (exact) mass is 449 g/mol. The maximum atomic E-state index is 13.3. The van der Waals surface area contributed by atoms with Gasteiger partial charge in [-0.25, -0.2) is 13.1 Å². The molecule has 0 saturated heterocycles. The van der Waals surface area contributed by atoms with Gasteiger partial charge in [-0.3, -0.25) is 4.72 Å². The number of para-hydroxylation sites is 2. The van der Waals surface area contributed by atoms with E-state index in [2.05, 4.69) is 9.82 Å². The van der Waals surface area contributed by atoms with E-state index in [4.69, 9.17) is 0 Å². The first-order chi connectivity index (χ1) is 14.3. The number of halogens is 3. The van der Waals surface area contributed by atoms with Gasteiger partial charge in [0.1, 0.15) is 10.6 Å². The molecule has 4 rings (SSSR count). The van der Waals surface area contributed by atoms with Crippen molar-refractivity contribution in [3.05, 3.63) is 83.9 Å². The van der Waals surface area contributed by atoms with Crippen LogP contribution in [0.15, 0.2) is 83.2 Å². The Labute approximate surface area is 174 Å². The lowest BCUT2D eigenvalue weighted by atomic mass is 10.2. The number of benzene rings is 2. The summed E-state index contributed by atoms with van der Waals surface area (Å²) in [5.74, 6) is 0. The molecule has 5 nitrogen and oxygen atoms in total. The summed E-state index contributed by atoms with van der Waals surface area (Å²) >= 11 is 1.28. The molecule has 1 N–H and O–H groups in total. The number of hydrogen-bond acceptors (Lipinski definition) is 4. The van der Waals surface area contributed by atoms with Gasteiger partial charge < -0.3 is 0 Å². The molecule has 0 spiro atoms. The van der Waals surface area contributed by atoms with Gasteiger partial charge in [0.05, 0.1) is 28.0 Å². The molecule has 2 aromatic heterocycles. The highest BCUT2D eigenvalue weighted by Crippen LogP contribution is 2.37. The number of sulfonamides is 1. The second-order valence-electron chi connectivity index (χ2n) is 6.25. The zero-order chi connectivity index (χ0) is 21.4. The van der Waals surface area contributed by atoms with Crippen LogP contribution >= 0.6 is 11.3 Å². The smallest absolute Gasteiger partial charge is 0.279 e. The van der Waals surface area contributed by atoms with Crippen molar-refractivity contribution in [1.82, 2.24) is 9.78 Å². The van der Waals surface area contributed by atoms with Gasteiger partial charge in [-0.05, 0) is 35.7 Å². The Hall–Kier alpha value is -3.11. The Morgan fingerprint density at radius 2 is 1.63 bits per heavy atom. The molecular weight excluding hydrogens is 435 g/mol. The first kappa shape index (κ1) is 20.2. The molecule has 0 atom stereocenters. The van der Waals surface area contributed by atoms with Crippen LogP contribution < -0.4 is 4.72 Å². The van der Waals surface area contributed by atoms with E-state index in [-0.39, 0.29) is 10.6 Å². The number of nitrogens with one attached hydrogen (secondary N) is 1. The van der Waals surface area contributed by atoms with Gasteiger partial charge in [-0.1, -0.05) is 36.4 Å². The van der Waals surface area contributed by atoms with Crippen molar-refractivity contribution in [2.45, 2.75) is 11.1 Å². The van der Waals surface area contributed by atoms with E-state index < -0.39 is 27.5 Å². The summed E-state index contributed by atoms with van der Waals surface area (Å²) in [6, 6.07) is 16.7. The zero-order valence-electron chi connectivity index (χ0n) is 15.2. The summed E-state index contributed by atoms with van der Waals surface area (Å²) in [6.07, 6.45) is -3.41. The molecule has 30 heavy (non-hydrogen) atoms. The second kappa shape index (κ2) is 7.62. The standard InChI is InChI=1S/C20H14F3N3O2S2/c21-20(22,23)15-9-4-5-10-16(15)25-30(27,28)18-13-26(14-7-2-1-3-8-14)24-19(18)17-11-6-12-29-17/h1-13,25H. The van der Waals surface area contributed by atoms with E-state index in [0.29, 0.717) is 10.6 Å². The van der Waals surface area contributed by atoms with Crippen molar-refractivity contribution in [2.75, 3.05) is 4.72 Å². The van der Waals surface area contributed by atoms with E-state index in [0.717, 1.165) is 12.1 Å². The quantitative estimate of drug-likeness (QED) is 0.443. The minimum absolute atomic E-state index is 0.158. The molecule has 0 unspecified atom stereocenters. The molecule has 10 heteroatoms. The molecule has 0 fully saturated rings. The number of nitrogens with zero attached hydrogens (tertiary/aromatic N) is 2. The normalized spacial score (nSPS) is 12.1. The molecule has 4 aromatic rings. The lowest BCUT2D eigenvalue weighted by Crippen LogP contribution is -2.17. The molecule has 0 bridgehead atoms. The summed E-state index contributed by atoms with van der Waals surface area (Å²) < 4.78 is 69.6. The van der Waals surface area contributed by atoms with Crippen LogP contribution in [0, 0.1) is 0 Å². The van der Waals surface area contributed by atoms with Crippen molar-refractivity contribution in [3.8, 4) is 16.3 Å². The van der Waals surface area contributed by atoms with Crippen LogP contribution in [0.2, 0.25) is 0 Å². The third-order valence-electron chi connectivity index (χ3n) is 4.22. The van der Waals surface area contributed by atoms with Gasteiger partial charge in [-0.15, -0.1) is 11.3 Å². The maximum Gasteiger partial charge on any atom is 0.418 e. The number of hydrogen-bond donors (Lipinski definition) is 1. The first-order valence-corrected chi connectivity index (χ1v) is 11.0. The molecule has 0 aliphatic rings. The summed E-state index contributed by atoms with van der Waals surface area (Å²) in [7, 11) is -4.37. The summed E-state index contributed by atoms with van der Waals surface area (Å²) in [6.45, 7) is 0. The van der Waals surface area contributed by atoms with Gasteiger partial charge in [0.15, 0.2) is 0 Å². The number of alkyl halides is 3. The highest BCUT2D eigenvalue weighted by atomic mass is 32.2. The van der Waals surface area contributed by atoms with Gasteiger partial charge in [0.2, 0.25) is 0 Å². The fraction of sp³-hybridized carbons (Fsp3) is 0.0500. The molecule has 0 aliphatic heterocycles. The van der Waals surface area contributed by atoms with Crippen LogP contribution in [0.5, 0.6) is 0 Å². The third-order valence-corrected chi connectivity index (χ3v) is 6.47. The van der Waals surface area contributed by atoms with Crippen LogP contribution in [-0.2, 0) is 16.2 Å². The Balaban J connectivity index is 1.83. The van der Waals surface area contributed by atoms with E-state index in [1.165, 1.54) is 34.3 Å². The lowest BCUT2D eigenvalue weighted by Gasteiger charge is -2.14. The maximum absolute atomic E-state index is 13.3. The predicted molar refractivity (Wildman–Crippen MR) is 109 cm³/mol. The molecular formula is C20H14F3N3O2S2. The van der Waals surface area contributed by atoms with Crippen LogP contribution in [0.1, 0.15) is 5.56 Å². The van der Waals surface area contributed by atoms with Crippen molar-refractivity contribution < 1.29 is 21.6 Å². The Morgan fingerprint density at radius 3 is 2.30 bits per heavy atom. The van der Waals surface area contributed by atoms with Gasteiger partial charge in [0, 0.05) is 0 Å². The number of anilines is 1. The fourth-order valence-electron chi connectivity index (χ4n) is 2.87. The SMILES string of the molecule is O=S(=O)(Nc1ccccc1C(F)(F)F)c1cn(-c2ccccc2)nc1-c1cccs1. The summed E-state index contributed by atoms with van der Waals surface area (Å²) in [5, 5.41) is 6.15. The number of rotatable bonds is 5. The zero-order valence-corrected chi connectivity index (χ0v) is 16.8. The van der Waals surface area contributed by atoms with E-state index in [9.17, 15) is 21.6 Å². The number of aromatic nitrogens is 2. The van der Waals surface area contributed by atoms with E-state index in [1.807, 2.05) is 0 Å². The summed E-state index contributed by atoms with van der Waals surface area (Å²) in [4.78, 5) is 0.361. The molecule has 2 aromatic carbocycles. The molecule has 0 saturated carbocycles. The molecule has 0 radical (unpaired) electrons. The van der Waals surface area contributed by atoms with Gasteiger partial charge >= 0.3 is 6.18 Å². The van der Waals surface area contributed by atoms with Crippen LogP contribution in [-0.4, -0.2) is 18.2 Å². The summed E-state index contributed by atoms with van der Waals surface area (Å²) in [5.41, 5.74) is -0.838. The van der Waals surface area contributed by atoms with Crippen molar-refractivity contribution in [3.63, 3.8) is 0 Å². The second-order valence-corrected chi connectivity index (χ2v) is 8.85. The van der Waals surface area contributed by atoms with E-state index >= 15 is 0 Å². The topological polar surface area (TPSA) is 64.0 Å².